The molecule has 7 heteroatoms. The predicted molar refractivity (Wildman–Crippen MR) is 96.9 cm³/mol. The molecule has 0 spiro atoms. The Kier molecular flexibility index (Phi) is 6.22. The van der Waals surface area contributed by atoms with E-state index in [9.17, 15) is 8.42 Å². The molecule has 1 saturated heterocycles. The van der Waals surface area contributed by atoms with Crippen LogP contribution >= 0.6 is 23.7 Å². The Morgan fingerprint density at radius 3 is 2.61 bits per heavy atom. The van der Waals surface area contributed by atoms with E-state index in [-0.39, 0.29) is 18.4 Å². The number of hydrogen-bond donors (Lipinski definition) is 1. The number of nitrogens with one attached hydrogen (secondary N) is 1. The highest BCUT2D eigenvalue weighted by Gasteiger charge is 2.34. The maximum Gasteiger partial charge on any atom is 0.253 e. The van der Waals surface area contributed by atoms with Gasteiger partial charge in [-0.15, -0.1) is 23.7 Å². The van der Waals surface area contributed by atoms with Crippen molar-refractivity contribution in [3.8, 4) is 0 Å². The molecule has 3 rings (SSSR count). The topological polar surface area (TPSA) is 49.4 Å². The van der Waals surface area contributed by atoms with Crippen LogP contribution in [0.1, 0.15) is 24.1 Å². The van der Waals surface area contributed by atoms with Gasteiger partial charge in [-0.2, -0.15) is 4.31 Å². The maximum atomic E-state index is 12.9. The molecule has 1 aromatic heterocycles. The Bertz CT molecular complexity index is 715. The summed E-state index contributed by atoms with van der Waals surface area (Å²) in [6, 6.07) is 11.6. The van der Waals surface area contributed by atoms with Gasteiger partial charge in [0, 0.05) is 19.6 Å². The normalized spacial score (nSPS) is 19.3. The third kappa shape index (κ3) is 3.78. The second-order valence-electron chi connectivity index (χ2n) is 5.36. The first-order chi connectivity index (χ1) is 10.6. The van der Waals surface area contributed by atoms with Gasteiger partial charge >= 0.3 is 0 Å². The zero-order valence-electron chi connectivity index (χ0n) is 12.9. The molecule has 4 nitrogen and oxygen atoms in total. The van der Waals surface area contributed by atoms with Crippen molar-refractivity contribution in [3.05, 3.63) is 52.9 Å². The Balaban J connectivity index is 0.00000192. The molecule has 1 atom stereocenters. The second-order valence-corrected chi connectivity index (χ2v) is 8.43. The number of aryl methyl sites for hydroxylation is 1. The highest BCUT2D eigenvalue weighted by molar-refractivity contribution is 7.91. The zero-order valence-corrected chi connectivity index (χ0v) is 15.4. The van der Waals surface area contributed by atoms with Gasteiger partial charge in [0.25, 0.3) is 10.0 Å². The summed E-state index contributed by atoms with van der Waals surface area (Å²) in [5.41, 5.74) is 2.31. The van der Waals surface area contributed by atoms with Crippen molar-refractivity contribution < 1.29 is 8.42 Å². The lowest BCUT2D eigenvalue weighted by molar-refractivity contribution is 0.272. The molecule has 1 aliphatic heterocycles. The predicted octanol–water partition coefficient (Wildman–Crippen LogP) is 3.07. The van der Waals surface area contributed by atoms with Crippen molar-refractivity contribution in [1.29, 1.82) is 0 Å². The van der Waals surface area contributed by atoms with Gasteiger partial charge < -0.3 is 5.32 Å². The molecule has 0 saturated carbocycles. The van der Waals surface area contributed by atoms with Gasteiger partial charge in [-0.3, -0.25) is 0 Å². The van der Waals surface area contributed by atoms with E-state index in [0.29, 0.717) is 23.8 Å². The summed E-state index contributed by atoms with van der Waals surface area (Å²) < 4.78 is 27.8. The monoisotopic (exact) mass is 372 g/mol. The van der Waals surface area contributed by atoms with Crippen molar-refractivity contribution in [2.75, 3.05) is 19.6 Å². The average molecular weight is 373 g/mol. The van der Waals surface area contributed by atoms with Crippen LogP contribution in [0, 0.1) is 0 Å². The van der Waals surface area contributed by atoms with Crippen LogP contribution in [0.25, 0.3) is 0 Å². The fourth-order valence-electron chi connectivity index (χ4n) is 2.76. The van der Waals surface area contributed by atoms with Gasteiger partial charge in [0.05, 0.1) is 6.04 Å². The lowest BCUT2D eigenvalue weighted by Gasteiger charge is -2.35. The molecule has 2 heterocycles. The van der Waals surface area contributed by atoms with Crippen molar-refractivity contribution in [3.63, 3.8) is 0 Å². The van der Waals surface area contributed by atoms with E-state index >= 15 is 0 Å². The first-order valence-electron chi connectivity index (χ1n) is 7.48. The number of thiophene rings is 1. The van der Waals surface area contributed by atoms with E-state index in [0.717, 1.165) is 12.0 Å². The van der Waals surface area contributed by atoms with Crippen LogP contribution < -0.4 is 5.32 Å². The van der Waals surface area contributed by atoms with Crippen LogP contribution in [0.5, 0.6) is 0 Å². The van der Waals surface area contributed by atoms with Crippen molar-refractivity contribution in [1.82, 2.24) is 9.62 Å². The number of piperazine rings is 1. The van der Waals surface area contributed by atoms with Crippen molar-refractivity contribution in [2.24, 2.45) is 0 Å². The number of sulfonamides is 1. The van der Waals surface area contributed by atoms with E-state index in [4.69, 9.17) is 0 Å². The highest BCUT2D eigenvalue weighted by atomic mass is 35.5. The molecule has 0 amide bonds. The van der Waals surface area contributed by atoms with E-state index < -0.39 is 10.0 Å². The van der Waals surface area contributed by atoms with E-state index in [1.807, 2.05) is 12.1 Å². The third-order valence-corrected chi connectivity index (χ3v) is 7.31. The van der Waals surface area contributed by atoms with Gasteiger partial charge in [-0.1, -0.05) is 37.3 Å². The number of nitrogens with zero attached hydrogens (tertiary/aromatic N) is 1. The minimum atomic E-state index is -3.42. The Labute approximate surface area is 148 Å². The molecular weight excluding hydrogens is 352 g/mol. The summed E-state index contributed by atoms with van der Waals surface area (Å²) in [5.74, 6) is 0. The van der Waals surface area contributed by atoms with Gasteiger partial charge in [-0.25, -0.2) is 8.42 Å². The van der Waals surface area contributed by atoms with Gasteiger partial charge in [0.1, 0.15) is 4.21 Å². The van der Waals surface area contributed by atoms with E-state index in [1.165, 1.54) is 16.9 Å². The molecule has 0 radical (unpaired) electrons. The number of rotatable bonds is 4. The smallest absolute Gasteiger partial charge is 0.253 e. The lowest BCUT2D eigenvalue weighted by Crippen LogP contribution is -2.48. The van der Waals surface area contributed by atoms with Gasteiger partial charge in [0.2, 0.25) is 0 Å². The molecule has 126 valence electrons. The number of hydrogen-bond acceptors (Lipinski definition) is 4. The first kappa shape index (κ1) is 18.4. The molecule has 2 aromatic rings. The fourth-order valence-corrected chi connectivity index (χ4v) is 5.49. The fraction of sp³-hybridized carbons (Fsp3) is 0.375. The molecular formula is C16H21ClN2O2S2. The van der Waals surface area contributed by atoms with Gasteiger partial charge in [-0.05, 0) is 29.0 Å². The van der Waals surface area contributed by atoms with Crippen LogP contribution in [-0.4, -0.2) is 32.4 Å². The van der Waals surface area contributed by atoms with Crippen LogP contribution in [0.4, 0.5) is 0 Å². The Hall–Kier alpha value is -0.920. The molecule has 1 N–H and O–H groups in total. The summed E-state index contributed by atoms with van der Waals surface area (Å²) in [4.78, 5) is 0. The van der Waals surface area contributed by atoms with Crippen LogP contribution in [0.2, 0.25) is 0 Å². The molecule has 0 aliphatic carbocycles. The maximum absolute atomic E-state index is 12.9. The number of halogens is 1. The summed E-state index contributed by atoms with van der Waals surface area (Å²) in [6.07, 6.45) is 0.987. The van der Waals surface area contributed by atoms with E-state index in [2.05, 4.69) is 24.4 Å². The Morgan fingerprint density at radius 2 is 2.00 bits per heavy atom. The minimum Gasteiger partial charge on any atom is -0.313 e. The largest absolute Gasteiger partial charge is 0.313 e. The Morgan fingerprint density at radius 1 is 1.26 bits per heavy atom. The number of benzene rings is 1. The second kappa shape index (κ2) is 7.77. The zero-order chi connectivity index (χ0) is 15.6. The molecule has 1 aromatic carbocycles. The standard InChI is InChI=1S/C16H20N2O2S2.ClH/c1-2-13-5-7-14(8-6-13)15-12-17-9-10-18(15)22(19,20)16-4-3-11-21-16;/h3-8,11,15,17H,2,9-10,12H2,1H3;1H. The summed E-state index contributed by atoms with van der Waals surface area (Å²) in [5, 5.41) is 5.11. The molecule has 23 heavy (non-hydrogen) atoms. The highest BCUT2D eigenvalue weighted by Crippen LogP contribution is 2.30. The summed E-state index contributed by atoms with van der Waals surface area (Å²) in [6.45, 7) is 3.95. The summed E-state index contributed by atoms with van der Waals surface area (Å²) in [7, 11) is -3.42. The van der Waals surface area contributed by atoms with Gasteiger partial charge in [0.15, 0.2) is 0 Å². The molecule has 0 bridgehead atoms. The van der Waals surface area contributed by atoms with E-state index in [1.54, 1.807) is 21.8 Å². The third-order valence-electron chi connectivity index (χ3n) is 4.03. The SMILES string of the molecule is CCc1ccc(C2CNCCN2S(=O)(=O)c2cccs2)cc1.Cl. The first-order valence-corrected chi connectivity index (χ1v) is 9.80. The average Bonchev–Trinajstić information content (AvgIpc) is 3.10. The quantitative estimate of drug-likeness (QED) is 0.897. The van der Waals surface area contributed by atoms with Crippen molar-refractivity contribution in [2.45, 2.75) is 23.6 Å². The van der Waals surface area contributed by atoms with Crippen LogP contribution in [0.3, 0.4) is 0 Å². The van der Waals surface area contributed by atoms with Crippen LogP contribution in [0.15, 0.2) is 46.0 Å². The molecule has 1 aliphatic rings. The van der Waals surface area contributed by atoms with Crippen molar-refractivity contribution >= 4 is 33.8 Å². The van der Waals surface area contributed by atoms with Crippen LogP contribution in [-0.2, 0) is 16.4 Å². The molecule has 1 unspecified atom stereocenters. The molecule has 1 fully saturated rings. The minimum absolute atomic E-state index is 0. The summed E-state index contributed by atoms with van der Waals surface area (Å²) >= 11 is 1.28. The lowest BCUT2D eigenvalue weighted by atomic mass is 10.0.